The van der Waals surface area contributed by atoms with Crippen LogP contribution in [0.15, 0.2) is 0 Å². The Kier molecular flexibility index (Phi) is 14.5. The number of carbonyl (C=O) groups is 2. The molecular weight excluding hydrogens is 580 g/mol. The van der Waals surface area contributed by atoms with Gasteiger partial charge in [0.05, 0.1) is 35.0 Å². The summed E-state index contributed by atoms with van der Waals surface area (Å²) in [7, 11) is 12.0. The Labute approximate surface area is 274 Å². The fourth-order valence-electron chi connectivity index (χ4n) is 9.23. The molecule has 4 aliphatic carbocycles. The summed E-state index contributed by atoms with van der Waals surface area (Å²) in [5, 5.41) is 2.79. The fourth-order valence-corrected chi connectivity index (χ4v) is 18.5. The van der Waals surface area contributed by atoms with Crippen molar-refractivity contribution in [1.29, 1.82) is 0 Å². The van der Waals surface area contributed by atoms with Crippen molar-refractivity contribution in [3.8, 4) is 0 Å². The van der Waals surface area contributed by atoms with Crippen molar-refractivity contribution in [1.82, 2.24) is 5.32 Å². The van der Waals surface area contributed by atoms with Crippen LogP contribution in [0.2, 0.25) is 0 Å². The minimum atomic E-state index is -1.70. The molecule has 4 aliphatic rings. The van der Waals surface area contributed by atoms with Gasteiger partial charge in [-0.25, -0.2) is 9.59 Å². The molecule has 2 N–H and O–H groups in total. The molecular formula is C35H65B2N2O3P2+3. The number of quaternary nitrogens is 1. The van der Waals surface area contributed by atoms with Crippen LogP contribution in [0, 0.1) is 0 Å². The zero-order valence-electron chi connectivity index (χ0n) is 28.8. The van der Waals surface area contributed by atoms with Gasteiger partial charge in [0, 0.05) is 0 Å². The van der Waals surface area contributed by atoms with E-state index in [0.29, 0.717) is 22.6 Å². The maximum absolute atomic E-state index is 14.0. The number of hydrogen-bond donors (Lipinski definition) is 2. The molecule has 0 bridgehead atoms. The lowest BCUT2D eigenvalue weighted by molar-refractivity contribution is -0.814. The van der Waals surface area contributed by atoms with Crippen LogP contribution in [0.3, 0.4) is 0 Å². The van der Waals surface area contributed by atoms with E-state index in [1.165, 1.54) is 128 Å². The van der Waals surface area contributed by atoms with E-state index in [-0.39, 0.29) is 12.5 Å². The molecule has 0 unspecified atom stereocenters. The quantitative estimate of drug-likeness (QED) is 0.171. The van der Waals surface area contributed by atoms with Crippen LogP contribution in [0.1, 0.15) is 149 Å². The number of rotatable bonds is 12. The van der Waals surface area contributed by atoms with Gasteiger partial charge in [-0.2, -0.15) is 0 Å². The first-order chi connectivity index (χ1) is 21.0. The van der Waals surface area contributed by atoms with Crippen molar-refractivity contribution >= 4 is 41.4 Å². The van der Waals surface area contributed by atoms with Gasteiger partial charge in [0.2, 0.25) is 0 Å². The third-order valence-electron chi connectivity index (χ3n) is 11.8. The number of alkyl carbamates (subject to hydrolysis) is 1. The summed E-state index contributed by atoms with van der Waals surface area (Å²) in [5.74, 6) is 0.0773. The van der Waals surface area contributed by atoms with Gasteiger partial charge in [0.25, 0.3) is 0 Å². The summed E-state index contributed by atoms with van der Waals surface area (Å²) in [6.07, 6.45) is 27.6. The highest BCUT2D eigenvalue weighted by atomic mass is 31.2. The van der Waals surface area contributed by atoms with Crippen LogP contribution in [-0.2, 0) is 9.53 Å². The number of nitrogens with one attached hydrogen (secondary N) is 2. The lowest BCUT2D eigenvalue weighted by atomic mass is 9.99. The van der Waals surface area contributed by atoms with Crippen molar-refractivity contribution < 1.29 is 19.2 Å². The Balaban J connectivity index is 1.51. The number of carbonyl (C=O) groups excluding carboxylic acids is 2. The van der Waals surface area contributed by atoms with Crippen molar-refractivity contribution in [2.24, 2.45) is 0 Å². The Hall–Kier alpha value is -0.110. The van der Waals surface area contributed by atoms with Crippen LogP contribution >= 0.6 is 14.3 Å². The molecule has 4 rings (SSSR count). The molecule has 9 heteroatoms. The van der Waals surface area contributed by atoms with Crippen molar-refractivity contribution in [3.63, 3.8) is 0 Å². The molecule has 0 saturated heterocycles. The minimum Gasteiger partial charge on any atom is -0.444 e. The first kappa shape index (κ1) is 36.7. The molecule has 0 heterocycles. The Bertz CT molecular complexity index is 807. The Morgan fingerprint density at radius 3 is 1.25 bits per heavy atom. The summed E-state index contributed by atoms with van der Waals surface area (Å²) in [5.41, 5.74) is 2.08. The minimum absolute atomic E-state index is 0.00991. The van der Waals surface area contributed by atoms with Crippen molar-refractivity contribution in [3.05, 3.63) is 0 Å². The van der Waals surface area contributed by atoms with Gasteiger partial charge in [-0.15, -0.1) is 0 Å². The smallest absolute Gasteiger partial charge is 0.408 e. The third-order valence-corrected chi connectivity index (χ3v) is 21.3. The molecule has 44 heavy (non-hydrogen) atoms. The standard InChI is InChI=1S/C35H64B2N2O3P2/c1-35(2,3)42-34(41)38-28-33(40)39(24-26-43(36,29-16-8-4-9-17-29)30-18-10-5-11-19-30)25-27-44(37,31-20-12-6-13-21-31)32-22-14-7-15-23-32/h29-32H,4-28H2,1-3H3,(H,38,41)/q+2/p+1. The van der Waals surface area contributed by atoms with E-state index in [1.54, 1.807) is 0 Å². The molecule has 0 aliphatic heterocycles. The SMILES string of the molecule is [B][P+](CC[NH+](CC[P+]([B])(C1CCCCC1)C1CCCCC1)C(=O)CNC(=O)OC(C)(C)C)(C1CCCCC1)C1CCCCC1. The van der Waals surface area contributed by atoms with E-state index in [4.69, 9.17) is 19.9 Å². The lowest BCUT2D eigenvalue weighted by Crippen LogP contribution is -3.16. The number of ether oxygens (including phenoxy) is 1. The lowest BCUT2D eigenvalue weighted by Gasteiger charge is -2.43. The molecule has 0 aromatic rings. The van der Waals surface area contributed by atoms with E-state index in [1.807, 2.05) is 20.8 Å². The molecule has 5 nitrogen and oxygen atoms in total. The summed E-state index contributed by atoms with van der Waals surface area (Å²) in [6.45, 7) is 7.16. The van der Waals surface area contributed by atoms with E-state index in [2.05, 4.69) is 5.32 Å². The molecule has 246 valence electrons. The first-order valence-corrected chi connectivity index (χ1v) is 23.0. The molecule has 2 amide bonds. The van der Waals surface area contributed by atoms with Crippen LogP contribution < -0.4 is 10.2 Å². The topological polar surface area (TPSA) is 59.8 Å². The average Bonchev–Trinajstić information content (AvgIpc) is 3.04. The summed E-state index contributed by atoms with van der Waals surface area (Å²) >= 11 is 0. The zero-order valence-corrected chi connectivity index (χ0v) is 30.5. The molecule has 4 saturated carbocycles. The monoisotopic (exact) mass is 645 g/mol. The van der Waals surface area contributed by atoms with Gasteiger partial charge in [0.1, 0.15) is 25.2 Å². The first-order valence-electron chi connectivity index (χ1n) is 18.7. The van der Waals surface area contributed by atoms with Crippen LogP contribution in [0.25, 0.3) is 0 Å². The zero-order chi connectivity index (χ0) is 31.6. The molecule has 0 aromatic heterocycles. The molecule has 0 atom stereocenters. The van der Waals surface area contributed by atoms with Gasteiger partial charge >= 0.3 is 27.1 Å². The van der Waals surface area contributed by atoms with Gasteiger partial charge in [-0.1, -0.05) is 25.7 Å². The molecule has 4 fully saturated rings. The second-order valence-electron chi connectivity index (χ2n) is 16.0. The van der Waals surface area contributed by atoms with Gasteiger partial charge in [-0.3, -0.25) is 4.90 Å². The van der Waals surface area contributed by atoms with Crippen molar-refractivity contribution in [2.45, 2.75) is 177 Å². The van der Waals surface area contributed by atoms with Crippen LogP contribution in [0.5, 0.6) is 0 Å². The molecule has 4 radical (unpaired) electrons. The van der Waals surface area contributed by atoms with E-state index in [9.17, 15) is 9.59 Å². The normalized spacial score (nSPS) is 22.6. The highest BCUT2D eigenvalue weighted by molar-refractivity contribution is 7.98. The fraction of sp³-hybridized carbons (Fsp3) is 0.943. The summed E-state index contributed by atoms with van der Waals surface area (Å²) < 4.78 is 5.47. The maximum Gasteiger partial charge on any atom is 0.408 e. The van der Waals surface area contributed by atoms with Crippen LogP contribution in [0.4, 0.5) is 4.79 Å². The van der Waals surface area contributed by atoms with Gasteiger partial charge in [-0.05, 0) is 138 Å². The summed E-state index contributed by atoms with van der Waals surface area (Å²) in [4.78, 5) is 27.5. The molecule has 0 spiro atoms. The second-order valence-corrected chi connectivity index (χ2v) is 23.8. The third kappa shape index (κ3) is 10.4. The largest absolute Gasteiger partial charge is 0.444 e. The number of hydrogen-bond acceptors (Lipinski definition) is 3. The predicted molar refractivity (Wildman–Crippen MR) is 193 cm³/mol. The van der Waals surface area contributed by atoms with E-state index >= 15 is 0 Å². The maximum atomic E-state index is 14.0. The average molecular weight is 645 g/mol. The van der Waals surface area contributed by atoms with Gasteiger partial charge in [0.15, 0.2) is 0 Å². The Morgan fingerprint density at radius 2 is 0.955 bits per heavy atom. The van der Waals surface area contributed by atoms with E-state index < -0.39 is 26.0 Å². The highest BCUT2D eigenvalue weighted by Crippen LogP contribution is 2.69. The second kappa shape index (κ2) is 17.3. The highest BCUT2D eigenvalue weighted by Gasteiger charge is 2.51. The van der Waals surface area contributed by atoms with Gasteiger partial charge < -0.3 is 10.1 Å². The van der Waals surface area contributed by atoms with E-state index in [0.717, 1.165) is 30.3 Å². The van der Waals surface area contributed by atoms with Crippen molar-refractivity contribution in [2.75, 3.05) is 32.0 Å². The molecule has 0 aromatic carbocycles. The Morgan fingerprint density at radius 1 is 0.636 bits per heavy atom. The number of amides is 2. The summed E-state index contributed by atoms with van der Waals surface area (Å²) in [6, 6.07) is 0. The predicted octanol–water partition coefficient (Wildman–Crippen LogP) is 7.46. The van der Waals surface area contributed by atoms with Crippen LogP contribution in [-0.4, -0.2) is 87.3 Å².